The van der Waals surface area contributed by atoms with Crippen molar-refractivity contribution in [3.63, 3.8) is 0 Å². The van der Waals surface area contributed by atoms with Gasteiger partial charge in [0.2, 0.25) is 10.0 Å². The molecule has 1 unspecified atom stereocenters. The van der Waals surface area contributed by atoms with Gasteiger partial charge in [-0.2, -0.15) is 0 Å². The molecule has 1 aliphatic rings. The summed E-state index contributed by atoms with van der Waals surface area (Å²) in [6.07, 6.45) is 3.58. The van der Waals surface area contributed by atoms with Crippen molar-refractivity contribution in [2.24, 2.45) is 0 Å². The molecule has 2 aromatic rings. The zero-order valence-corrected chi connectivity index (χ0v) is 17.6. The van der Waals surface area contributed by atoms with Gasteiger partial charge in [0.15, 0.2) is 0 Å². The number of sulfonamides is 1. The Kier molecular flexibility index (Phi) is 5.75. The molecule has 1 heterocycles. The Labute approximate surface area is 164 Å². The number of benzene rings is 2. The lowest BCUT2D eigenvalue weighted by Gasteiger charge is -2.36. The number of hydrogen-bond acceptors (Lipinski definition) is 3. The van der Waals surface area contributed by atoms with Crippen molar-refractivity contribution in [1.82, 2.24) is 4.72 Å². The molecule has 2 aromatic carbocycles. The third kappa shape index (κ3) is 3.82. The van der Waals surface area contributed by atoms with E-state index in [0.717, 1.165) is 41.5 Å². The summed E-state index contributed by atoms with van der Waals surface area (Å²) in [4.78, 5) is 2.46. The normalized spacial score (nSPS) is 21.9. The van der Waals surface area contributed by atoms with Gasteiger partial charge in [-0.05, 0) is 43.2 Å². The second-order valence-corrected chi connectivity index (χ2v) is 9.44. The van der Waals surface area contributed by atoms with Gasteiger partial charge in [-0.1, -0.05) is 60.8 Å². The minimum atomic E-state index is -3.61. The van der Waals surface area contributed by atoms with Crippen molar-refractivity contribution in [2.45, 2.75) is 50.0 Å². The summed E-state index contributed by atoms with van der Waals surface area (Å²) in [6, 6.07) is 15.5. The Hall–Kier alpha value is -1.37. The lowest BCUT2D eigenvalue weighted by atomic mass is 9.90. The van der Waals surface area contributed by atoms with Crippen LogP contribution in [0.4, 0.5) is 11.4 Å². The lowest BCUT2D eigenvalue weighted by Crippen LogP contribution is -2.52. The van der Waals surface area contributed by atoms with E-state index in [1.54, 1.807) is 6.07 Å². The zero-order valence-electron chi connectivity index (χ0n) is 15.2. The van der Waals surface area contributed by atoms with Crippen LogP contribution in [0.25, 0.3) is 0 Å². The fourth-order valence-electron chi connectivity index (χ4n) is 3.53. The number of nitrogens with zero attached hydrogens (tertiary/aromatic N) is 1. The first-order valence-electron chi connectivity index (χ1n) is 9.07. The molecular formula is C20H25BrN2O2S. The zero-order chi connectivity index (χ0) is 18.8. The van der Waals surface area contributed by atoms with Gasteiger partial charge in [0.05, 0.1) is 11.2 Å². The first-order valence-corrected chi connectivity index (χ1v) is 11.3. The summed E-state index contributed by atoms with van der Waals surface area (Å²) < 4.78 is 30.2. The van der Waals surface area contributed by atoms with E-state index in [-0.39, 0.29) is 0 Å². The molecule has 1 aliphatic heterocycles. The Morgan fingerprint density at radius 2 is 1.88 bits per heavy atom. The van der Waals surface area contributed by atoms with Crippen LogP contribution >= 0.6 is 15.9 Å². The van der Waals surface area contributed by atoms with Crippen molar-refractivity contribution < 1.29 is 8.42 Å². The molecule has 0 amide bonds. The molecule has 0 radical (unpaired) electrons. The average molecular weight is 437 g/mol. The van der Waals surface area contributed by atoms with Gasteiger partial charge in [-0.3, -0.25) is 0 Å². The Morgan fingerprint density at radius 3 is 2.54 bits per heavy atom. The molecule has 140 valence electrons. The molecule has 0 saturated heterocycles. The van der Waals surface area contributed by atoms with Crippen LogP contribution < -0.4 is 9.62 Å². The molecule has 0 bridgehead atoms. The fourth-order valence-corrected chi connectivity index (χ4v) is 5.77. The predicted molar refractivity (Wildman–Crippen MR) is 110 cm³/mol. The maximum atomic E-state index is 13.2. The number of para-hydroxylation sites is 1. The average Bonchev–Trinajstić information content (AvgIpc) is 2.74. The molecule has 3 rings (SSSR count). The van der Waals surface area contributed by atoms with Crippen LogP contribution in [0.3, 0.4) is 0 Å². The largest absolute Gasteiger partial charge is 0.338 e. The van der Waals surface area contributed by atoms with E-state index >= 15 is 0 Å². The Morgan fingerprint density at radius 1 is 1.15 bits per heavy atom. The van der Waals surface area contributed by atoms with E-state index in [2.05, 4.69) is 39.4 Å². The first-order chi connectivity index (χ1) is 12.4. The van der Waals surface area contributed by atoms with Crippen molar-refractivity contribution in [3.05, 3.63) is 53.0 Å². The summed E-state index contributed by atoms with van der Waals surface area (Å²) in [6.45, 7) is 4.81. The summed E-state index contributed by atoms with van der Waals surface area (Å²) in [5.41, 5.74) is 1.24. The smallest absolute Gasteiger partial charge is 0.243 e. The van der Waals surface area contributed by atoms with E-state index in [4.69, 9.17) is 0 Å². The molecule has 0 saturated carbocycles. The van der Waals surface area contributed by atoms with Gasteiger partial charge in [0, 0.05) is 16.7 Å². The second-order valence-electron chi connectivity index (χ2n) is 6.88. The summed E-state index contributed by atoms with van der Waals surface area (Å²) in [7, 11) is -3.61. The van der Waals surface area contributed by atoms with E-state index < -0.39 is 15.6 Å². The number of unbranched alkanes of at least 4 members (excludes halogenated alkanes) is 1. The molecule has 0 aromatic heterocycles. The van der Waals surface area contributed by atoms with Crippen molar-refractivity contribution in [2.75, 3.05) is 11.4 Å². The lowest BCUT2D eigenvalue weighted by molar-refractivity contribution is 0.341. The SMILES string of the molecule is CCCCC1(CC)CN(c2ccccc2)c2ccc(Br)cc2S(=O)(=O)N1. The monoisotopic (exact) mass is 436 g/mol. The van der Waals surface area contributed by atoms with Crippen LogP contribution in [-0.2, 0) is 10.0 Å². The maximum Gasteiger partial charge on any atom is 0.243 e. The number of halogens is 1. The first kappa shape index (κ1) is 19.4. The highest BCUT2D eigenvalue weighted by atomic mass is 79.9. The van der Waals surface area contributed by atoms with Crippen LogP contribution in [0.1, 0.15) is 39.5 Å². The molecule has 0 spiro atoms. The molecular weight excluding hydrogens is 412 g/mol. The number of nitrogens with one attached hydrogen (secondary N) is 1. The molecule has 4 nitrogen and oxygen atoms in total. The Bertz CT molecular complexity index is 871. The van der Waals surface area contributed by atoms with Gasteiger partial charge in [-0.25, -0.2) is 13.1 Å². The van der Waals surface area contributed by atoms with Gasteiger partial charge in [-0.15, -0.1) is 0 Å². The molecule has 0 fully saturated rings. The summed E-state index contributed by atoms with van der Waals surface area (Å²) in [5, 5.41) is 0. The Balaban J connectivity index is 2.20. The highest BCUT2D eigenvalue weighted by Crippen LogP contribution is 2.39. The topological polar surface area (TPSA) is 49.4 Å². The third-order valence-corrected chi connectivity index (χ3v) is 7.17. The van der Waals surface area contributed by atoms with Crippen LogP contribution in [0.2, 0.25) is 0 Å². The summed E-state index contributed by atoms with van der Waals surface area (Å²) in [5.74, 6) is 0. The van der Waals surface area contributed by atoms with Gasteiger partial charge in [0.25, 0.3) is 0 Å². The second kappa shape index (κ2) is 7.71. The van der Waals surface area contributed by atoms with Crippen LogP contribution in [-0.4, -0.2) is 20.5 Å². The molecule has 1 N–H and O–H groups in total. The van der Waals surface area contributed by atoms with Crippen molar-refractivity contribution in [3.8, 4) is 0 Å². The van der Waals surface area contributed by atoms with Crippen molar-refractivity contribution >= 4 is 37.3 Å². The third-order valence-electron chi connectivity index (χ3n) is 5.07. The maximum absolute atomic E-state index is 13.2. The van der Waals surface area contributed by atoms with Crippen LogP contribution in [0.15, 0.2) is 57.9 Å². The van der Waals surface area contributed by atoms with Gasteiger partial charge < -0.3 is 4.90 Å². The number of fused-ring (bicyclic) bond motifs is 1. The molecule has 26 heavy (non-hydrogen) atoms. The molecule has 0 aliphatic carbocycles. The molecule has 1 atom stereocenters. The minimum absolute atomic E-state index is 0.322. The van der Waals surface area contributed by atoms with Crippen LogP contribution in [0, 0.1) is 0 Å². The van der Waals surface area contributed by atoms with Gasteiger partial charge in [0.1, 0.15) is 4.90 Å². The molecule has 6 heteroatoms. The van der Waals surface area contributed by atoms with E-state index in [0.29, 0.717) is 11.4 Å². The van der Waals surface area contributed by atoms with Gasteiger partial charge >= 0.3 is 0 Å². The quantitative estimate of drug-likeness (QED) is 0.698. The standard InChI is InChI=1S/C20H25BrN2O2S/c1-3-5-13-20(4-2)15-23(17-9-7-6-8-10-17)18-12-11-16(21)14-19(18)26(24,25)22-20/h6-12,14,22H,3-5,13,15H2,1-2H3. The highest BCUT2D eigenvalue weighted by Gasteiger charge is 2.40. The highest BCUT2D eigenvalue weighted by molar-refractivity contribution is 9.10. The van der Waals surface area contributed by atoms with E-state index in [9.17, 15) is 8.42 Å². The predicted octanol–water partition coefficient (Wildman–Crippen LogP) is 5.22. The number of anilines is 2. The number of rotatable bonds is 5. The van der Waals surface area contributed by atoms with E-state index in [1.165, 1.54) is 0 Å². The summed E-state index contributed by atoms with van der Waals surface area (Å²) >= 11 is 3.42. The fraction of sp³-hybridized carbons (Fsp3) is 0.400. The minimum Gasteiger partial charge on any atom is -0.338 e. The van der Waals surface area contributed by atoms with Crippen LogP contribution in [0.5, 0.6) is 0 Å². The van der Waals surface area contributed by atoms with E-state index in [1.807, 2.05) is 42.5 Å². The van der Waals surface area contributed by atoms with Crippen molar-refractivity contribution in [1.29, 1.82) is 0 Å². The number of hydrogen-bond donors (Lipinski definition) is 1.